The van der Waals surface area contributed by atoms with E-state index in [0.717, 1.165) is 27.8 Å². The highest BCUT2D eigenvalue weighted by Gasteiger charge is 2.17. The maximum absolute atomic E-state index is 5.47. The molecule has 0 bridgehead atoms. The van der Waals surface area contributed by atoms with E-state index in [2.05, 4.69) is 29.5 Å². The lowest BCUT2D eigenvalue weighted by atomic mass is 10.1. The van der Waals surface area contributed by atoms with E-state index >= 15 is 0 Å². The number of hydrogen-bond donors (Lipinski definition) is 1. The molecule has 2 aromatic rings. The van der Waals surface area contributed by atoms with Crippen LogP contribution in [0, 0.1) is 6.92 Å². The van der Waals surface area contributed by atoms with Gasteiger partial charge in [0.05, 0.1) is 20.3 Å². The van der Waals surface area contributed by atoms with Gasteiger partial charge in [-0.2, -0.15) is 0 Å². The van der Waals surface area contributed by atoms with Crippen molar-refractivity contribution in [1.82, 2.24) is 10.3 Å². The third-order valence-electron chi connectivity index (χ3n) is 3.41. The second-order valence-electron chi connectivity index (χ2n) is 5.05. The summed E-state index contributed by atoms with van der Waals surface area (Å²) in [5.74, 6) is 1.63. The Bertz CT molecular complexity index is 598. The molecule has 1 aromatic carbocycles. The smallest absolute Gasteiger partial charge is 0.127 e. The van der Waals surface area contributed by atoms with E-state index in [1.165, 1.54) is 0 Å². The van der Waals surface area contributed by atoms with Crippen molar-refractivity contribution in [3.05, 3.63) is 39.8 Å². The summed E-state index contributed by atoms with van der Waals surface area (Å²) in [5, 5.41) is 6.74. The van der Waals surface area contributed by atoms with E-state index in [1.807, 2.05) is 25.1 Å². The van der Waals surface area contributed by atoms with Gasteiger partial charge in [-0.15, -0.1) is 11.3 Å². The Labute approximate surface area is 130 Å². The second-order valence-corrected chi connectivity index (χ2v) is 5.93. The fraction of sp³-hybridized carbons (Fsp3) is 0.438. The van der Waals surface area contributed by atoms with Gasteiger partial charge in [0.25, 0.3) is 0 Å². The van der Waals surface area contributed by atoms with Crippen LogP contribution in [0.5, 0.6) is 11.5 Å². The molecule has 21 heavy (non-hydrogen) atoms. The largest absolute Gasteiger partial charge is 0.497 e. The van der Waals surface area contributed by atoms with Crippen LogP contribution in [0.3, 0.4) is 0 Å². The van der Waals surface area contributed by atoms with Crippen molar-refractivity contribution in [3.8, 4) is 11.5 Å². The molecule has 1 aromatic heterocycles. The summed E-state index contributed by atoms with van der Waals surface area (Å²) in [4.78, 5) is 4.53. The number of ether oxygens (including phenoxy) is 2. The van der Waals surface area contributed by atoms with Crippen LogP contribution in [0.15, 0.2) is 23.6 Å². The first-order chi connectivity index (χ1) is 10.0. The molecule has 1 N–H and O–H groups in total. The van der Waals surface area contributed by atoms with Crippen molar-refractivity contribution in [2.24, 2.45) is 0 Å². The van der Waals surface area contributed by atoms with Crippen LogP contribution in [0.1, 0.15) is 42.2 Å². The Morgan fingerprint density at radius 1 is 1.14 bits per heavy atom. The van der Waals surface area contributed by atoms with Crippen LogP contribution in [0.25, 0.3) is 0 Å². The number of hydrogen-bond acceptors (Lipinski definition) is 5. The molecule has 0 saturated heterocycles. The van der Waals surface area contributed by atoms with Gasteiger partial charge >= 0.3 is 0 Å². The van der Waals surface area contributed by atoms with E-state index < -0.39 is 0 Å². The zero-order chi connectivity index (χ0) is 15.4. The summed E-state index contributed by atoms with van der Waals surface area (Å²) < 4.78 is 10.7. The van der Waals surface area contributed by atoms with Crippen LogP contribution >= 0.6 is 11.3 Å². The van der Waals surface area contributed by atoms with Gasteiger partial charge in [-0.05, 0) is 26.8 Å². The average Bonchev–Trinajstić information content (AvgIpc) is 2.93. The first kappa shape index (κ1) is 15.8. The van der Waals surface area contributed by atoms with Crippen LogP contribution in [-0.2, 0) is 0 Å². The standard InChI is InChI=1S/C16H22N2O2S/c1-10-9-21-16(17-10)12(3)18-11(2)14-7-6-13(19-4)8-15(14)20-5/h6-9,11-12,18H,1-5H3. The molecule has 1 heterocycles. The van der Waals surface area contributed by atoms with E-state index in [-0.39, 0.29) is 12.1 Å². The number of nitrogens with zero attached hydrogens (tertiary/aromatic N) is 1. The first-order valence-electron chi connectivity index (χ1n) is 6.95. The van der Waals surface area contributed by atoms with Gasteiger partial charge in [-0.3, -0.25) is 0 Å². The van der Waals surface area contributed by atoms with Crippen LogP contribution in [0.4, 0.5) is 0 Å². The average molecular weight is 306 g/mol. The third kappa shape index (κ3) is 3.74. The number of rotatable bonds is 6. The van der Waals surface area contributed by atoms with E-state index in [1.54, 1.807) is 25.6 Å². The fourth-order valence-corrected chi connectivity index (χ4v) is 3.10. The summed E-state index contributed by atoms with van der Waals surface area (Å²) in [7, 11) is 3.33. The molecular formula is C16H22N2O2S. The van der Waals surface area contributed by atoms with Crippen molar-refractivity contribution >= 4 is 11.3 Å². The topological polar surface area (TPSA) is 43.4 Å². The summed E-state index contributed by atoms with van der Waals surface area (Å²) >= 11 is 1.69. The number of aryl methyl sites for hydroxylation is 1. The minimum atomic E-state index is 0.157. The van der Waals surface area contributed by atoms with Crippen LogP contribution in [0.2, 0.25) is 0 Å². The fourth-order valence-electron chi connectivity index (χ4n) is 2.28. The quantitative estimate of drug-likeness (QED) is 0.879. The molecule has 0 aliphatic rings. The molecule has 0 aliphatic heterocycles. The molecular weight excluding hydrogens is 284 g/mol. The minimum Gasteiger partial charge on any atom is -0.497 e. The second kappa shape index (κ2) is 6.91. The van der Waals surface area contributed by atoms with Crippen molar-refractivity contribution in [3.63, 3.8) is 0 Å². The van der Waals surface area contributed by atoms with Gasteiger partial charge < -0.3 is 14.8 Å². The van der Waals surface area contributed by atoms with Gasteiger partial charge in [0.2, 0.25) is 0 Å². The molecule has 0 spiro atoms. The predicted molar refractivity (Wildman–Crippen MR) is 86.4 cm³/mol. The third-order valence-corrected chi connectivity index (χ3v) is 4.56. The highest BCUT2D eigenvalue weighted by atomic mass is 32.1. The lowest BCUT2D eigenvalue weighted by Gasteiger charge is -2.21. The maximum Gasteiger partial charge on any atom is 0.127 e. The van der Waals surface area contributed by atoms with E-state index in [9.17, 15) is 0 Å². The van der Waals surface area contributed by atoms with Crippen molar-refractivity contribution in [1.29, 1.82) is 0 Å². The van der Waals surface area contributed by atoms with Gasteiger partial charge in [-0.25, -0.2) is 4.98 Å². The SMILES string of the molecule is COc1ccc(C(C)NC(C)c2nc(C)cs2)c(OC)c1. The number of aromatic nitrogens is 1. The summed E-state index contributed by atoms with van der Waals surface area (Å²) in [5.41, 5.74) is 2.18. The predicted octanol–water partition coefficient (Wildman–Crippen LogP) is 3.88. The first-order valence-corrected chi connectivity index (χ1v) is 7.83. The molecule has 0 fully saturated rings. The minimum absolute atomic E-state index is 0.157. The lowest BCUT2D eigenvalue weighted by Crippen LogP contribution is -2.22. The summed E-state index contributed by atoms with van der Waals surface area (Å²) in [6.07, 6.45) is 0. The molecule has 2 atom stereocenters. The summed E-state index contributed by atoms with van der Waals surface area (Å²) in [6, 6.07) is 6.25. The molecule has 4 nitrogen and oxygen atoms in total. The van der Waals surface area contributed by atoms with Crippen LogP contribution in [-0.4, -0.2) is 19.2 Å². The Morgan fingerprint density at radius 3 is 2.48 bits per heavy atom. The number of benzene rings is 1. The van der Waals surface area contributed by atoms with Gasteiger partial charge in [0.1, 0.15) is 16.5 Å². The van der Waals surface area contributed by atoms with Crippen molar-refractivity contribution in [2.75, 3.05) is 14.2 Å². The highest BCUT2D eigenvalue weighted by molar-refractivity contribution is 7.09. The molecule has 0 radical (unpaired) electrons. The molecule has 114 valence electrons. The van der Waals surface area contributed by atoms with Crippen molar-refractivity contribution in [2.45, 2.75) is 32.9 Å². The van der Waals surface area contributed by atoms with Crippen LogP contribution < -0.4 is 14.8 Å². The Kier molecular flexibility index (Phi) is 5.20. The molecule has 5 heteroatoms. The number of thiazole rings is 1. The zero-order valence-corrected chi connectivity index (χ0v) is 14.0. The highest BCUT2D eigenvalue weighted by Crippen LogP contribution is 2.31. The Morgan fingerprint density at radius 2 is 1.90 bits per heavy atom. The number of methoxy groups -OCH3 is 2. The molecule has 2 rings (SSSR count). The van der Waals surface area contributed by atoms with E-state index in [0.29, 0.717) is 0 Å². The van der Waals surface area contributed by atoms with Crippen molar-refractivity contribution < 1.29 is 9.47 Å². The molecule has 2 unspecified atom stereocenters. The Hall–Kier alpha value is -1.59. The maximum atomic E-state index is 5.47. The zero-order valence-electron chi connectivity index (χ0n) is 13.1. The van der Waals surface area contributed by atoms with Gasteiger partial charge in [0, 0.05) is 28.7 Å². The monoisotopic (exact) mass is 306 g/mol. The number of nitrogens with one attached hydrogen (secondary N) is 1. The lowest BCUT2D eigenvalue weighted by molar-refractivity contribution is 0.382. The van der Waals surface area contributed by atoms with Gasteiger partial charge in [0.15, 0.2) is 0 Å². The molecule has 0 amide bonds. The Balaban J connectivity index is 2.14. The normalized spacial score (nSPS) is 13.8. The molecule has 0 aliphatic carbocycles. The summed E-state index contributed by atoms with van der Waals surface area (Å²) in [6.45, 7) is 6.27. The van der Waals surface area contributed by atoms with Gasteiger partial charge in [-0.1, -0.05) is 6.07 Å². The molecule has 0 saturated carbocycles. The van der Waals surface area contributed by atoms with E-state index in [4.69, 9.17) is 9.47 Å².